The second-order valence-electron chi connectivity index (χ2n) is 7.01. The van der Waals surface area contributed by atoms with Gasteiger partial charge < -0.3 is 14.8 Å². The van der Waals surface area contributed by atoms with E-state index in [0.29, 0.717) is 30.2 Å². The molecule has 1 amide bonds. The number of hydrogen-bond donors (Lipinski definition) is 1. The number of anilines is 1. The van der Waals surface area contributed by atoms with Crippen molar-refractivity contribution < 1.29 is 14.3 Å². The topological polar surface area (TPSA) is 101 Å². The van der Waals surface area contributed by atoms with Crippen molar-refractivity contribution in [2.75, 3.05) is 32.2 Å². The van der Waals surface area contributed by atoms with Crippen molar-refractivity contribution in [1.29, 1.82) is 5.26 Å². The molecule has 0 aliphatic carbocycles. The van der Waals surface area contributed by atoms with Crippen LogP contribution in [0.1, 0.15) is 18.1 Å². The van der Waals surface area contributed by atoms with Crippen molar-refractivity contribution in [3.63, 3.8) is 0 Å². The smallest absolute Gasteiger partial charge is 0.262 e. The number of methoxy groups -OCH3 is 1. The lowest BCUT2D eigenvalue weighted by molar-refractivity contribution is -0.118. The number of carbonyl (C=O) groups excluding carboxylic acids is 1. The number of fused-ring (bicyclic) bond motifs is 1. The first-order valence-electron chi connectivity index (χ1n) is 9.92. The summed E-state index contributed by atoms with van der Waals surface area (Å²) in [6.45, 7) is 2.95. The monoisotopic (exact) mass is 447 g/mol. The van der Waals surface area contributed by atoms with E-state index in [4.69, 9.17) is 19.8 Å². The molecule has 0 saturated heterocycles. The largest absolute Gasteiger partial charge is 0.482 e. The summed E-state index contributed by atoms with van der Waals surface area (Å²) in [6, 6.07) is 15.0. The maximum atomic E-state index is 11.7. The van der Waals surface area contributed by atoms with Crippen LogP contribution in [-0.4, -0.2) is 43.2 Å². The van der Waals surface area contributed by atoms with Gasteiger partial charge in [0, 0.05) is 18.1 Å². The predicted octanol–water partition coefficient (Wildman–Crippen LogP) is 3.24. The summed E-state index contributed by atoms with van der Waals surface area (Å²) in [6.07, 6.45) is 0. The van der Waals surface area contributed by atoms with Gasteiger partial charge in [-0.3, -0.25) is 9.79 Å². The molecule has 1 aliphatic rings. The van der Waals surface area contributed by atoms with Crippen molar-refractivity contribution >= 4 is 28.6 Å². The van der Waals surface area contributed by atoms with Crippen LogP contribution in [-0.2, 0) is 9.53 Å². The first-order valence-corrected chi connectivity index (χ1v) is 10.8. The predicted molar refractivity (Wildman–Crippen MR) is 123 cm³/mol. The van der Waals surface area contributed by atoms with Crippen LogP contribution in [0.4, 0.5) is 5.69 Å². The summed E-state index contributed by atoms with van der Waals surface area (Å²) in [7, 11) is 1.64. The number of rotatable bonds is 6. The number of thiazole rings is 1. The van der Waals surface area contributed by atoms with Crippen LogP contribution in [0.3, 0.4) is 0 Å². The van der Waals surface area contributed by atoms with Gasteiger partial charge in [0.25, 0.3) is 5.91 Å². The summed E-state index contributed by atoms with van der Waals surface area (Å²) in [5.41, 5.74) is 4.61. The van der Waals surface area contributed by atoms with Crippen molar-refractivity contribution in [2.45, 2.75) is 6.92 Å². The van der Waals surface area contributed by atoms with E-state index >= 15 is 0 Å². The van der Waals surface area contributed by atoms with E-state index in [9.17, 15) is 4.79 Å². The van der Waals surface area contributed by atoms with E-state index in [1.165, 1.54) is 11.3 Å². The first-order chi connectivity index (χ1) is 15.6. The number of ether oxygens (including phenoxy) is 2. The quantitative estimate of drug-likeness (QED) is 0.463. The molecule has 4 rings (SSSR count). The number of hydrogen-bond acceptors (Lipinski definition) is 7. The molecule has 1 aliphatic heterocycles. The van der Waals surface area contributed by atoms with Gasteiger partial charge in [-0.15, -0.1) is 11.3 Å². The van der Waals surface area contributed by atoms with Crippen molar-refractivity contribution in [2.24, 2.45) is 10.1 Å². The average Bonchev–Trinajstić information content (AvgIpc) is 3.21. The Hall–Kier alpha value is -3.74. The Morgan fingerprint density at radius 2 is 2.12 bits per heavy atom. The lowest BCUT2D eigenvalue weighted by Crippen LogP contribution is -2.25. The summed E-state index contributed by atoms with van der Waals surface area (Å²) in [5, 5.41) is 18.7. The number of amides is 1. The number of aromatic nitrogens is 1. The molecular weight excluding hydrogens is 426 g/mol. The molecule has 0 bridgehead atoms. The van der Waals surface area contributed by atoms with Crippen LogP contribution in [0.25, 0.3) is 11.3 Å². The highest BCUT2D eigenvalue weighted by molar-refractivity contribution is 7.07. The highest BCUT2D eigenvalue weighted by atomic mass is 32.1. The fraction of sp³-hybridized carbons (Fsp3) is 0.217. The lowest BCUT2D eigenvalue weighted by atomic mass is 10.1. The van der Waals surface area contributed by atoms with Gasteiger partial charge >= 0.3 is 0 Å². The van der Waals surface area contributed by atoms with E-state index < -0.39 is 0 Å². The van der Waals surface area contributed by atoms with E-state index in [-0.39, 0.29) is 12.5 Å². The number of nitrogens with zero attached hydrogens (tertiary/aromatic N) is 4. The Morgan fingerprint density at radius 1 is 1.31 bits per heavy atom. The lowest BCUT2D eigenvalue weighted by Gasteiger charge is -2.18. The molecule has 3 aromatic rings. The van der Waals surface area contributed by atoms with Gasteiger partial charge in [-0.05, 0) is 42.8 Å². The third-order valence-electron chi connectivity index (χ3n) is 4.82. The van der Waals surface area contributed by atoms with Crippen LogP contribution >= 0.6 is 11.3 Å². The Balaban J connectivity index is 1.78. The Bertz CT molecular complexity index is 1280. The number of carbonyl (C=O) groups is 1. The second kappa shape index (κ2) is 9.60. The van der Waals surface area contributed by atoms with Crippen molar-refractivity contribution in [3.8, 4) is 23.1 Å². The molecule has 0 atom stereocenters. The highest BCUT2D eigenvalue weighted by Gasteiger charge is 2.18. The molecule has 9 heteroatoms. The first kappa shape index (κ1) is 21.5. The minimum Gasteiger partial charge on any atom is -0.482 e. The van der Waals surface area contributed by atoms with Crippen LogP contribution < -0.4 is 14.9 Å². The zero-order chi connectivity index (χ0) is 22.5. The molecule has 0 spiro atoms. The Labute approximate surface area is 189 Å². The molecule has 0 fully saturated rings. The third kappa shape index (κ3) is 4.61. The van der Waals surface area contributed by atoms with Gasteiger partial charge in [0.1, 0.15) is 5.75 Å². The normalized spacial score (nSPS) is 13.8. The molecule has 2 heterocycles. The minimum atomic E-state index is -0.183. The molecule has 8 nitrogen and oxygen atoms in total. The van der Waals surface area contributed by atoms with E-state index in [0.717, 1.165) is 27.3 Å². The molecule has 2 aromatic carbocycles. The zero-order valence-electron chi connectivity index (χ0n) is 17.7. The average molecular weight is 448 g/mol. The van der Waals surface area contributed by atoms with Crippen molar-refractivity contribution in [1.82, 2.24) is 4.68 Å². The number of nitrogens with one attached hydrogen (secondary N) is 1. The summed E-state index contributed by atoms with van der Waals surface area (Å²) in [4.78, 5) is 17.1. The summed E-state index contributed by atoms with van der Waals surface area (Å²) in [5.74, 6) is 0.454. The summed E-state index contributed by atoms with van der Waals surface area (Å²) < 4.78 is 12.4. The van der Waals surface area contributed by atoms with E-state index in [1.807, 2.05) is 42.6 Å². The molecule has 0 radical (unpaired) electrons. The molecule has 162 valence electrons. The van der Waals surface area contributed by atoms with Crippen LogP contribution in [0.2, 0.25) is 0 Å². The maximum Gasteiger partial charge on any atom is 0.262 e. The molecule has 0 unspecified atom stereocenters. The molecular formula is C23H21N5O3S. The van der Waals surface area contributed by atoms with E-state index in [1.54, 1.807) is 23.9 Å². The highest BCUT2D eigenvalue weighted by Crippen LogP contribution is 2.33. The maximum absolute atomic E-state index is 11.7. The van der Waals surface area contributed by atoms with Gasteiger partial charge in [-0.1, -0.05) is 12.1 Å². The van der Waals surface area contributed by atoms with Gasteiger partial charge in [0.05, 0.1) is 41.9 Å². The SMILES string of the molecule is COCCN=c1scc(-c2ccc3c(c2)NC(=O)CO3)n1/N=C(/C)c1ccc(C#N)cc1. The Morgan fingerprint density at radius 3 is 2.88 bits per heavy atom. The number of benzene rings is 2. The Kier molecular flexibility index (Phi) is 6.44. The minimum absolute atomic E-state index is 0.0153. The van der Waals surface area contributed by atoms with Crippen LogP contribution in [0.15, 0.2) is 57.9 Å². The molecule has 0 saturated carbocycles. The molecule has 32 heavy (non-hydrogen) atoms. The number of nitriles is 1. The van der Waals surface area contributed by atoms with Crippen LogP contribution in [0.5, 0.6) is 5.75 Å². The van der Waals surface area contributed by atoms with Crippen molar-refractivity contribution in [3.05, 3.63) is 63.8 Å². The van der Waals surface area contributed by atoms with E-state index in [2.05, 4.69) is 16.4 Å². The molecule has 1 N–H and O–H groups in total. The molecule has 1 aromatic heterocycles. The van der Waals surface area contributed by atoms with Crippen LogP contribution in [0, 0.1) is 11.3 Å². The fourth-order valence-corrected chi connectivity index (χ4v) is 4.03. The van der Waals surface area contributed by atoms with Gasteiger partial charge in [-0.25, -0.2) is 4.68 Å². The fourth-order valence-electron chi connectivity index (χ4n) is 3.17. The third-order valence-corrected chi connectivity index (χ3v) is 5.67. The van der Waals surface area contributed by atoms with Gasteiger partial charge in [-0.2, -0.15) is 10.4 Å². The summed E-state index contributed by atoms with van der Waals surface area (Å²) >= 11 is 1.47. The zero-order valence-corrected chi connectivity index (χ0v) is 18.5. The second-order valence-corrected chi connectivity index (χ2v) is 7.85. The van der Waals surface area contributed by atoms with Gasteiger partial charge in [0.2, 0.25) is 4.80 Å². The van der Waals surface area contributed by atoms with Gasteiger partial charge in [0.15, 0.2) is 6.61 Å². The standard InChI is InChI=1S/C23H21N5O3S/c1-15(17-5-3-16(12-24)4-6-17)27-28-20(14-32-23(28)25-9-10-30-2)18-7-8-21-19(11-18)26-22(29)13-31-21/h3-8,11,14H,9-10,13H2,1-2H3,(H,26,29)/b25-23?,27-15-.